The average molecular weight is 329 g/mol. The number of benzene rings is 2. The van der Waals surface area contributed by atoms with Crippen molar-refractivity contribution < 1.29 is 19.4 Å². The van der Waals surface area contributed by atoms with Crippen LogP contribution in [0.15, 0.2) is 53.6 Å². The van der Waals surface area contributed by atoms with Gasteiger partial charge in [-0.1, -0.05) is 12.1 Å². The lowest BCUT2D eigenvalue weighted by atomic mass is 9.99. The molecule has 0 saturated carbocycles. The molecule has 2 aromatic rings. The molecular weight excluding hydrogens is 310 g/mol. The van der Waals surface area contributed by atoms with E-state index in [1.54, 1.807) is 62.8 Å². The number of primary amides is 1. The van der Waals surface area contributed by atoms with E-state index in [1.165, 1.54) is 0 Å². The summed E-state index contributed by atoms with van der Waals surface area (Å²) < 4.78 is 10.2. The number of hydrogen-bond acceptors (Lipinski definition) is 5. The molecule has 2 aromatic carbocycles. The Morgan fingerprint density at radius 2 is 1.54 bits per heavy atom. The topological polar surface area (TPSA) is 106 Å². The quantitative estimate of drug-likeness (QED) is 0.555. The second kappa shape index (κ2) is 7.98. The molecule has 24 heavy (non-hydrogen) atoms. The van der Waals surface area contributed by atoms with E-state index < -0.39 is 12.1 Å². The first kappa shape index (κ1) is 17.3. The lowest BCUT2D eigenvalue weighted by molar-refractivity contribution is 0.244. The number of hydrogen-bond donors (Lipinski definition) is 3. The molecule has 0 fully saturated rings. The number of methoxy groups -OCH3 is 2. The Labute approximate surface area is 139 Å². The Bertz CT molecular complexity index is 712. The van der Waals surface area contributed by atoms with Crippen molar-refractivity contribution in [3.63, 3.8) is 0 Å². The molecular formula is C17H19N3O4. The zero-order valence-corrected chi connectivity index (χ0v) is 13.4. The van der Waals surface area contributed by atoms with Gasteiger partial charge in [-0.3, -0.25) is 0 Å². The molecule has 0 saturated heterocycles. The number of ether oxygens (including phenoxy) is 2. The van der Waals surface area contributed by atoms with E-state index in [2.05, 4.69) is 10.5 Å². The third-order valence-electron chi connectivity index (χ3n) is 3.36. The van der Waals surface area contributed by atoms with Gasteiger partial charge in [-0.05, 0) is 42.0 Å². The first-order chi connectivity index (χ1) is 11.5. The number of urea groups is 1. The highest BCUT2D eigenvalue weighted by Gasteiger charge is 2.18. The number of amides is 2. The van der Waals surface area contributed by atoms with Crippen LogP contribution in [0.3, 0.4) is 0 Å². The molecule has 0 unspecified atom stereocenters. The maximum Gasteiger partial charge on any atom is 0.332 e. The van der Waals surface area contributed by atoms with Crippen molar-refractivity contribution in [2.75, 3.05) is 14.2 Å². The van der Waals surface area contributed by atoms with E-state index in [0.717, 1.165) is 0 Å². The van der Waals surface area contributed by atoms with Crippen LogP contribution in [0.4, 0.5) is 4.79 Å². The zero-order valence-electron chi connectivity index (χ0n) is 13.4. The van der Waals surface area contributed by atoms with Crippen LogP contribution in [0.2, 0.25) is 0 Å². The molecule has 2 rings (SSSR count). The molecule has 0 heterocycles. The number of aliphatic hydroxyl groups excluding tert-OH is 1. The van der Waals surface area contributed by atoms with Crippen molar-refractivity contribution in [2.45, 2.75) is 6.10 Å². The van der Waals surface area contributed by atoms with Crippen LogP contribution in [-0.4, -0.2) is 31.1 Å². The predicted molar refractivity (Wildman–Crippen MR) is 90.2 cm³/mol. The van der Waals surface area contributed by atoms with Gasteiger partial charge in [0.1, 0.15) is 23.3 Å². The fourth-order valence-corrected chi connectivity index (χ4v) is 2.10. The summed E-state index contributed by atoms with van der Waals surface area (Å²) in [6.45, 7) is 0. The van der Waals surface area contributed by atoms with Gasteiger partial charge in [-0.25, -0.2) is 10.2 Å². The van der Waals surface area contributed by atoms with Crippen LogP contribution in [0.25, 0.3) is 0 Å². The summed E-state index contributed by atoms with van der Waals surface area (Å²) >= 11 is 0. The molecule has 7 nitrogen and oxygen atoms in total. The number of nitrogens with one attached hydrogen (secondary N) is 1. The van der Waals surface area contributed by atoms with Crippen LogP contribution >= 0.6 is 0 Å². The minimum absolute atomic E-state index is 0.251. The van der Waals surface area contributed by atoms with Crippen LogP contribution in [0, 0.1) is 0 Å². The summed E-state index contributed by atoms with van der Waals surface area (Å²) in [6.07, 6.45) is -1.06. The molecule has 126 valence electrons. The van der Waals surface area contributed by atoms with Gasteiger partial charge in [-0.15, -0.1) is 0 Å². The summed E-state index contributed by atoms with van der Waals surface area (Å²) in [5.41, 5.74) is 8.69. The average Bonchev–Trinajstić information content (AvgIpc) is 2.62. The summed E-state index contributed by atoms with van der Waals surface area (Å²) in [5.74, 6) is 1.34. The number of hydrazone groups is 1. The summed E-state index contributed by atoms with van der Waals surface area (Å²) in [5, 5.41) is 14.6. The Morgan fingerprint density at radius 3 is 2.00 bits per heavy atom. The molecule has 0 radical (unpaired) electrons. The van der Waals surface area contributed by atoms with Gasteiger partial charge in [0, 0.05) is 5.56 Å². The number of rotatable bonds is 6. The molecule has 2 amide bonds. The second-order valence-corrected chi connectivity index (χ2v) is 4.88. The summed E-state index contributed by atoms with van der Waals surface area (Å²) in [4.78, 5) is 11.0. The highest BCUT2D eigenvalue weighted by atomic mass is 16.5. The van der Waals surface area contributed by atoms with E-state index in [9.17, 15) is 9.90 Å². The normalized spacial score (nSPS) is 12.4. The Balaban J connectivity index is 2.36. The zero-order chi connectivity index (χ0) is 17.5. The first-order valence-corrected chi connectivity index (χ1v) is 7.14. The third kappa shape index (κ3) is 4.23. The van der Waals surface area contributed by atoms with Gasteiger partial charge in [0.25, 0.3) is 0 Å². The van der Waals surface area contributed by atoms with Crippen molar-refractivity contribution in [3.8, 4) is 11.5 Å². The van der Waals surface area contributed by atoms with Gasteiger partial charge in [0.15, 0.2) is 0 Å². The molecule has 0 aliphatic carbocycles. The van der Waals surface area contributed by atoms with E-state index in [1.807, 2.05) is 0 Å². The number of carbonyl (C=O) groups excluding carboxylic acids is 1. The van der Waals surface area contributed by atoms with E-state index >= 15 is 0 Å². The number of aliphatic hydroxyl groups is 1. The van der Waals surface area contributed by atoms with Gasteiger partial charge in [0.2, 0.25) is 0 Å². The van der Waals surface area contributed by atoms with Crippen molar-refractivity contribution in [3.05, 3.63) is 59.7 Å². The Kier molecular flexibility index (Phi) is 5.75. The number of carbonyl (C=O) groups is 1. The monoisotopic (exact) mass is 329 g/mol. The Hall–Kier alpha value is -3.06. The second-order valence-electron chi connectivity index (χ2n) is 4.88. The van der Waals surface area contributed by atoms with Crippen LogP contribution in [0.1, 0.15) is 17.2 Å². The largest absolute Gasteiger partial charge is 0.497 e. The SMILES string of the molecule is COc1ccc(/C(=N/NC(N)=O)[C@H](O)c2ccc(OC)cc2)cc1. The number of nitrogens with two attached hydrogens (primary N) is 1. The van der Waals surface area contributed by atoms with E-state index in [0.29, 0.717) is 22.6 Å². The fraction of sp³-hybridized carbons (Fsp3) is 0.176. The maximum absolute atomic E-state index is 11.0. The molecule has 1 atom stereocenters. The molecule has 7 heteroatoms. The maximum atomic E-state index is 11.0. The van der Waals surface area contributed by atoms with E-state index in [4.69, 9.17) is 15.2 Å². The summed E-state index contributed by atoms with van der Waals surface area (Å²) in [7, 11) is 3.12. The van der Waals surface area contributed by atoms with Crippen molar-refractivity contribution >= 4 is 11.7 Å². The smallest absolute Gasteiger partial charge is 0.332 e. The molecule has 0 aliphatic rings. The van der Waals surface area contributed by atoms with Crippen LogP contribution in [0.5, 0.6) is 11.5 Å². The minimum Gasteiger partial charge on any atom is -0.497 e. The van der Waals surface area contributed by atoms with E-state index in [-0.39, 0.29) is 5.71 Å². The van der Waals surface area contributed by atoms with Gasteiger partial charge in [-0.2, -0.15) is 5.10 Å². The molecule has 0 aromatic heterocycles. The van der Waals surface area contributed by atoms with Crippen LogP contribution in [-0.2, 0) is 0 Å². The van der Waals surface area contributed by atoms with Crippen molar-refractivity contribution in [1.82, 2.24) is 5.43 Å². The minimum atomic E-state index is -1.06. The highest BCUT2D eigenvalue weighted by molar-refractivity contribution is 6.04. The fourth-order valence-electron chi connectivity index (χ4n) is 2.10. The molecule has 0 aliphatic heterocycles. The predicted octanol–water partition coefficient (Wildman–Crippen LogP) is 1.81. The standard InChI is InChI=1S/C17H19N3O4/c1-23-13-7-3-11(4-8-13)15(19-20-17(18)22)16(21)12-5-9-14(24-2)10-6-12/h3-10,16,21H,1-2H3,(H3,18,20,22)/b19-15-/t16-/m1/s1. The van der Waals surface area contributed by atoms with Gasteiger partial charge in [0.05, 0.1) is 14.2 Å². The van der Waals surface area contributed by atoms with Gasteiger partial charge >= 0.3 is 6.03 Å². The molecule has 0 bridgehead atoms. The highest BCUT2D eigenvalue weighted by Crippen LogP contribution is 2.23. The third-order valence-corrected chi connectivity index (χ3v) is 3.36. The number of nitrogens with zero attached hydrogens (tertiary/aromatic N) is 1. The molecule has 0 spiro atoms. The lowest BCUT2D eigenvalue weighted by Gasteiger charge is -2.15. The van der Waals surface area contributed by atoms with Crippen molar-refractivity contribution in [2.24, 2.45) is 10.8 Å². The first-order valence-electron chi connectivity index (χ1n) is 7.14. The Morgan fingerprint density at radius 1 is 1.04 bits per heavy atom. The van der Waals surface area contributed by atoms with Crippen molar-refractivity contribution in [1.29, 1.82) is 0 Å². The van der Waals surface area contributed by atoms with Gasteiger partial charge < -0.3 is 20.3 Å². The van der Waals surface area contributed by atoms with Crippen LogP contribution < -0.4 is 20.6 Å². The lowest BCUT2D eigenvalue weighted by Crippen LogP contribution is -2.27. The summed E-state index contributed by atoms with van der Waals surface area (Å²) in [6, 6.07) is 13.0. The molecule has 4 N–H and O–H groups in total.